The van der Waals surface area contributed by atoms with E-state index in [4.69, 9.17) is 0 Å². The highest BCUT2D eigenvalue weighted by Gasteiger charge is 2.02. The third kappa shape index (κ3) is 5.13. The number of aliphatic imine (C=N–C) groups is 1. The molecule has 4 nitrogen and oxygen atoms in total. The third-order valence-corrected chi connectivity index (χ3v) is 5.01. The van der Waals surface area contributed by atoms with Gasteiger partial charge in [0.2, 0.25) is 0 Å². The highest BCUT2D eigenvalue weighted by molar-refractivity contribution is 7.12. The van der Waals surface area contributed by atoms with Crippen LogP contribution < -0.4 is 10.6 Å². The average molecular weight is 323 g/mol. The van der Waals surface area contributed by atoms with Crippen LogP contribution in [-0.4, -0.2) is 17.5 Å². The molecule has 2 aromatic rings. The van der Waals surface area contributed by atoms with E-state index in [-0.39, 0.29) is 0 Å². The predicted octanol–water partition coefficient (Wildman–Crippen LogP) is 3.33. The Bertz CT molecular complexity index is 586. The maximum Gasteiger partial charge on any atom is 0.191 e. The van der Waals surface area contributed by atoms with Crippen LogP contribution in [0.3, 0.4) is 0 Å². The van der Waals surface area contributed by atoms with Gasteiger partial charge in [0.1, 0.15) is 5.01 Å². The minimum atomic E-state index is 0.717. The molecular formula is C15H22N4S2. The van der Waals surface area contributed by atoms with Crippen molar-refractivity contribution in [1.29, 1.82) is 0 Å². The third-order valence-electron chi connectivity index (χ3n) is 2.88. The van der Waals surface area contributed by atoms with E-state index in [9.17, 15) is 0 Å². The van der Waals surface area contributed by atoms with E-state index in [1.165, 1.54) is 14.6 Å². The van der Waals surface area contributed by atoms with E-state index in [0.717, 1.165) is 37.0 Å². The van der Waals surface area contributed by atoms with Crippen molar-refractivity contribution in [2.75, 3.05) is 6.54 Å². The van der Waals surface area contributed by atoms with Gasteiger partial charge in [-0.25, -0.2) is 9.98 Å². The molecule has 2 heterocycles. The Labute approximate surface area is 134 Å². The first-order valence-electron chi connectivity index (χ1n) is 7.22. The lowest BCUT2D eigenvalue weighted by Crippen LogP contribution is -2.36. The minimum absolute atomic E-state index is 0.717. The Morgan fingerprint density at radius 1 is 1.19 bits per heavy atom. The molecule has 0 aromatic carbocycles. The zero-order valence-corrected chi connectivity index (χ0v) is 14.4. The number of rotatable bonds is 6. The number of hydrogen-bond donors (Lipinski definition) is 2. The fraction of sp³-hybridized carbons (Fsp3) is 0.467. The normalized spacial score (nSPS) is 11.7. The molecule has 0 bridgehead atoms. The summed E-state index contributed by atoms with van der Waals surface area (Å²) in [4.78, 5) is 12.9. The first-order valence-corrected chi connectivity index (χ1v) is 8.85. The molecule has 0 aliphatic carbocycles. The SMILES string of the molecule is CCNC(=NCc1ccc(CC)s1)NCc1ncc(C)s1. The summed E-state index contributed by atoms with van der Waals surface area (Å²) in [6.45, 7) is 8.62. The van der Waals surface area contributed by atoms with Gasteiger partial charge in [-0.15, -0.1) is 22.7 Å². The fourth-order valence-electron chi connectivity index (χ4n) is 1.84. The van der Waals surface area contributed by atoms with Crippen LogP contribution in [0.15, 0.2) is 23.3 Å². The molecule has 2 N–H and O–H groups in total. The van der Waals surface area contributed by atoms with E-state index < -0.39 is 0 Å². The maximum atomic E-state index is 4.63. The fourth-order valence-corrected chi connectivity index (χ4v) is 3.45. The van der Waals surface area contributed by atoms with Gasteiger partial charge >= 0.3 is 0 Å². The molecule has 2 aromatic heterocycles. The van der Waals surface area contributed by atoms with Crippen LogP contribution in [0.4, 0.5) is 0 Å². The first-order chi connectivity index (χ1) is 10.2. The van der Waals surface area contributed by atoms with Crippen LogP contribution >= 0.6 is 22.7 Å². The van der Waals surface area contributed by atoms with Crippen LogP contribution in [0.5, 0.6) is 0 Å². The second-order valence-corrected chi connectivity index (χ2v) is 7.21. The summed E-state index contributed by atoms with van der Waals surface area (Å²) < 4.78 is 0. The Morgan fingerprint density at radius 2 is 2.00 bits per heavy atom. The maximum absolute atomic E-state index is 4.63. The monoisotopic (exact) mass is 322 g/mol. The first kappa shape index (κ1) is 16.0. The summed E-state index contributed by atoms with van der Waals surface area (Å²) in [7, 11) is 0. The van der Waals surface area contributed by atoms with Crippen molar-refractivity contribution in [3.05, 3.63) is 38.0 Å². The molecule has 0 saturated carbocycles. The van der Waals surface area contributed by atoms with Gasteiger partial charge in [0.05, 0.1) is 13.1 Å². The van der Waals surface area contributed by atoms with Gasteiger partial charge in [0.15, 0.2) is 5.96 Å². The molecule has 6 heteroatoms. The van der Waals surface area contributed by atoms with Gasteiger partial charge < -0.3 is 10.6 Å². The molecule has 21 heavy (non-hydrogen) atoms. The van der Waals surface area contributed by atoms with Gasteiger partial charge in [0.25, 0.3) is 0 Å². The summed E-state index contributed by atoms with van der Waals surface area (Å²) in [6, 6.07) is 4.36. The number of nitrogens with zero attached hydrogens (tertiary/aromatic N) is 2. The standard InChI is InChI=1S/C15H22N4S2/c1-4-12-6-7-13(21-12)9-18-15(16-5-2)19-10-14-17-8-11(3)20-14/h6-8H,4-5,9-10H2,1-3H3,(H2,16,18,19). The number of hydrogen-bond acceptors (Lipinski definition) is 4. The molecule has 0 amide bonds. The van der Waals surface area contributed by atoms with Crippen molar-refractivity contribution in [1.82, 2.24) is 15.6 Å². The van der Waals surface area contributed by atoms with Crippen LogP contribution in [-0.2, 0) is 19.5 Å². The van der Waals surface area contributed by atoms with Gasteiger partial charge in [-0.3, -0.25) is 0 Å². The number of thiazole rings is 1. The molecule has 0 fully saturated rings. The predicted molar refractivity (Wildman–Crippen MR) is 92.2 cm³/mol. The number of aryl methyl sites for hydroxylation is 2. The zero-order chi connectivity index (χ0) is 15.1. The zero-order valence-electron chi connectivity index (χ0n) is 12.8. The quantitative estimate of drug-likeness (QED) is 0.633. The number of aromatic nitrogens is 1. The van der Waals surface area contributed by atoms with Crippen LogP contribution in [0.2, 0.25) is 0 Å². The number of guanidine groups is 1. The highest BCUT2D eigenvalue weighted by Crippen LogP contribution is 2.17. The van der Waals surface area contributed by atoms with Crippen LogP contribution in [0, 0.1) is 6.92 Å². The summed E-state index contributed by atoms with van der Waals surface area (Å²) >= 11 is 3.55. The van der Waals surface area contributed by atoms with Gasteiger partial charge in [-0.2, -0.15) is 0 Å². The van der Waals surface area contributed by atoms with E-state index in [2.05, 4.69) is 53.5 Å². The second-order valence-electron chi connectivity index (χ2n) is 4.63. The van der Waals surface area contributed by atoms with Crippen molar-refractivity contribution in [2.24, 2.45) is 4.99 Å². The smallest absolute Gasteiger partial charge is 0.191 e. The number of thiophene rings is 1. The molecule has 0 aliphatic heterocycles. The largest absolute Gasteiger partial charge is 0.357 e. The Kier molecular flexibility index (Phi) is 6.20. The van der Waals surface area contributed by atoms with Gasteiger partial charge in [-0.05, 0) is 32.4 Å². The number of nitrogens with one attached hydrogen (secondary N) is 2. The van der Waals surface area contributed by atoms with Crippen molar-refractivity contribution < 1.29 is 0 Å². The molecule has 0 saturated heterocycles. The highest BCUT2D eigenvalue weighted by atomic mass is 32.1. The summed E-state index contributed by atoms with van der Waals surface area (Å²) in [5.41, 5.74) is 0. The Hall–Kier alpha value is -1.40. The van der Waals surface area contributed by atoms with Crippen molar-refractivity contribution >= 4 is 28.6 Å². The Morgan fingerprint density at radius 3 is 2.62 bits per heavy atom. The summed E-state index contributed by atoms with van der Waals surface area (Å²) in [5, 5.41) is 7.69. The van der Waals surface area contributed by atoms with Crippen LogP contribution in [0.1, 0.15) is 33.5 Å². The van der Waals surface area contributed by atoms with Gasteiger partial charge in [-0.1, -0.05) is 6.92 Å². The molecule has 2 rings (SSSR count). The molecule has 0 aliphatic rings. The lowest BCUT2D eigenvalue weighted by Gasteiger charge is -2.09. The molecule has 0 spiro atoms. The van der Waals surface area contributed by atoms with E-state index in [1.807, 2.05) is 17.5 Å². The lowest BCUT2D eigenvalue weighted by molar-refractivity contribution is 0.813. The van der Waals surface area contributed by atoms with Crippen molar-refractivity contribution in [2.45, 2.75) is 40.3 Å². The van der Waals surface area contributed by atoms with Crippen molar-refractivity contribution in [3.63, 3.8) is 0 Å². The Balaban J connectivity index is 1.92. The summed E-state index contributed by atoms with van der Waals surface area (Å²) in [6.07, 6.45) is 3.00. The molecular weight excluding hydrogens is 300 g/mol. The lowest BCUT2D eigenvalue weighted by atomic mass is 10.4. The van der Waals surface area contributed by atoms with Crippen molar-refractivity contribution in [3.8, 4) is 0 Å². The van der Waals surface area contributed by atoms with E-state index >= 15 is 0 Å². The summed E-state index contributed by atoms with van der Waals surface area (Å²) in [5.74, 6) is 0.844. The molecule has 0 radical (unpaired) electrons. The minimum Gasteiger partial charge on any atom is -0.357 e. The average Bonchev–Trinajstić information content (AvgIpc) is 3.10. The molecule has 0 atom stereocenters. The van der Waals surface area contributed by atoms with E-state index in [0.29, 0.717) is 0 Å². The molecule has 114 valence electrons. The van der Waals surface area contributed by atoms with Crippen LogP contribution in [0.25, 0.3) is 0 Å². The second kappa shape index (κ2) is 8.14. The van der Waals surface area contributed by atoms with Gasteiger partial charge in [0, 0.05) is 27.4 Å². The van der Waals surface area contributed by atoms with E-state index in [1.54, 1.807) is 11.3 Å². The topological polar surface area (TPSA) is 49.3 Å². The molecule has 0 unspecified atom stereocenters.